The van der Waals surface area contributed by atoms with Crippen LogP contribution in [0.15, 0.2) is 34.9 Å². The molecule has 2 unspecified atom stereocenters. The van der Waals surface area contributed by atoms with Gasteiger partial charge in [-0.2, -0.15) is 0 Å². The van der Waals surface area contributed by atoms with E-state index < -0.39 is 0 Å². The normalized spacial score (nSPS) is 22.6. The van der Waals surface area contributed by atoms with Crippen molar-refractivity contribution in [3.05, 3.63) is 36.4 Å². The number of aryl methyl sites for hydroxylation is 1. The number of benzene rings is 1. The smallest absolute Gasteiger partial charge is 0.191 e. The van der Waals surface area contributed by atoms with E-state index in [4.69, 9.17) is 4.42 Å². The Hall–Kier alpha value is -1.77. The Balaban J connectivity index is 1.72. The number of nitrogens with one attached hydrogen (secondary N) is 1. The SMILES string of the molecule is Cc1nc(-c2ccc(NC3CCCC3C)cc2)co1. The van der Waals surface area contributed by atoms with Crippen LogP contribution in [0.4, 0.5) is 5.69 Å². The molecular weight excluding hydrogens is 236 g/mol. The van der Waals surface area contributed by atoms with Gasteiger partial charge in [0.1, 0.15) is 12.0 Å². The van der Waals surface area contributed by atoms with Crippen LogP contribution >= 0.6 is 0 Å². The van der Waals surface area contributed by atoms with E-state index >= 15 is 0 Å². The standard InChI is InChI=1S/C16H20N2O/c1-11-4-3-5-15(11)18-14-8-6-13(7-9-14)16-10-19-12(2)17-16/h6-11,15,18H,3-5H2,1-2H3. The van der Waals surface area contributed by atoms with Gasteiger partial charge in [0.25, 0.3) is 0 Å². The average molecular weight is 256 g/mol. The van der Waals surface area contributed by atoms with E-state index in [9.17, 15) is 0 Å². The largest absolute Gasteiger partial charge is 0.449 e. The minimum Gasteiger partial charge on any atom is -0.449 e. The lowest BCUT2D eigenvalue weighted by atomic mass is 10.1. The van der Waals surface area contributed by atoms with Crippen molar-refractivity contribution in [3.8, 4) is 11.3 Å². The fraction of sp³-hybridized carbons (Fsp3) is 0.438. The summed E-state index contributed by atoms with van der Waals surface area (Å²) in [7, 11) is 0. The Bertz CT molecular complexity index is 544. The number of hydrogen-bond donors (Lipinski definition) is 1. The number of anilines is 1. The highest BCUT2D eigenvalue weighted by molar-refractivity contribution is 5.62. The van der Waals surface area contributed by atoms with Crippen molar-refractivity contribution < 1.29 is 4.42 Å². The highest BCUT2D eigenvalue weighted by atomic mass is 16.3. The third-order valence-corrected chi connectivity index (χ3v) is 4.01. The van der Waals surface area contributed by atoms with Crippen molar-refractivity contribution in [2.45, 2.75) is 39.2 Å². The van der Waals surface area contributed by atoms with Crippen molar-refractivity contribution in [1.29, 1.82) is 0 Å². The van der Waals surface area contributed by atoms with E-state index in [1.54, 1.807) is 6.26 Å². The summed E-state index contributed by atoms with van der Waals surface area (Å²) in [5, 5.41) is 3.63. The highest BCUT2D eigenvalue weighted by Crippen LogP contribution is 2.28. The van der Waals surface area contributed by atoms with Crippen LogP contribution in [0.3, 0.4) is 0 Å². The topological polar surface area (TPSA) is 38.1 Å². The molecule has 1 aromatic heterocycles. The summed E-state index contributed by atoms with van der Waals surface area (Å²) in [6.45, 7) is 4.19. The van der Waals surface area contributed by atoms with Crippen LogP contribution < -0.4 is 5.32 Å². The maximum atomic E-state index is 5.24. The van der Waals surface area contributed by atoms with Gasteiger partial charge in [0.15, 0.2) is 5.89 Å². The van der Waals surface area contributed by atoms with E-state index in [0.29, 0.717) is 11.9 Å². The van der Waals surface area contributed by atoms with Gasteiger partial charge in [-0.3, -0.25) is 0 Å². The van der Waals surface area contributed by atoms with Crippen LogP contribution in [0.5, 0.6) is 0 Å². The van der Waals surface area contributed by atoms with Crippen LogP contribution in [-0.2, 0) is 0 Å². The zero-order valence-electron chi connectivity index (χ0n) is 11.5. The van der Waals surface area contributed by atoms with E-state index in [2.05, 4.69) is 41.5 Å². The lowest BCUT2D eigenvalue weighted by molar-refractivity contribution is 0.521. The number of rotatable bonds is 3. The molecule has 0 bridgehead atoms. The summed E-state index contributed by atoms with van der Waals surface area (Å²) < 4.78 is 5.24. The summed E-state index contributed by atoms with van der Waals surface area (Å²) in [6, 6.07) is 9.08. The van der Waals surface area contributed by atoms with E-state index in [1.807, 2.05) is 6.92 Å². The summed E-state index contributed by atoms with van der Waals surface area (Å²) in [5.41, 5.74) is 3.20. The summed E-state index contributed by atoms with van der Waals surface area (Å²) in [5.74, 6) is 1.48. The maximum absolute atomic E-state index is 5.24. The Morgan fingerprint density at radius 3 is 2.58 bits per heavy atom. The molecule has 0 radical (unpaired) electrons. The summed E-state index contributed by atoms with van der Waals surface area (Å²) >= 11 is 0. The molecule has 0 amide bonds. The summed E-state index contributed by atoms with van der Waals surface area (Å²) in [6.07, 6.45) is 5.67. The third-order valence-electron chi connectivity index (χ3n) is 4.01. The van der Waals surface area contributed by atoms with Crippen molar-refractivity contribution >= 4 is 5.69 Å². The molecule has 0 saturated heterocycles. The number of nitrogens with zero attached hydrogens (tertiary/aromatic N) is 1. The van der Waals surface area contributed by atoms with Gasteiger partial charge < -0.3 is 9.73 Å². The van der Waals surface area contributed by atoms with Gasteiger partial charge in [0.05, 0.1) is 0 Å². The first-order chi connectivity index (χ1) is 9.22. The van der Waals surface area contributed by atoms with Gasteiger partial charge in [-0.05, 0) is 30.9 Å². The molecule has 1 aromatic carbocycles. The molecule has 0 spiro atoms. The third kappa shape index (κ3) is 2.65. The molecule has 19 heavy (non-hydrogen) atoms. The van der Waals surface area contributed by atoms with Crippen LogP contribution in [-0.4, -0.2) is 11.0 Å². The quantitative estimate of drug-likeness (QED) is 0.892. The molecular formula is C16H20N2O. The molecule has 3 nitrogen and oxygen atoms in total. The lowest BCUT2D eigenvalue weighted by Crippen LogP contribution is -2.21. The zero-order valence-corrected chi connectivity index (χ0v) is 11.5. The minimum absolute atomic E-state index is 0.625. The Morgan fingerprint density at radius 1 is 1.21 bits per heavy atom. The second-order valence-electron chi connectivity index (χ2n) is 5.49. The second-order valence-corrected chi connectivity index (χ2v) is 5.49. The fourth-order valence-electron chi connectivity index (χ4n) is 2.81. The van der Waals surface area contributed by atoms with Crippen molar-refractivity contribution in [2.24, 2.45) is 5.92 Å². The molecule has 1 aliphatic rings. The van der Waals surface area contributed by atoms with Crippen molar-refractivity contribution in [2.75, 3.05) is 5.32 Å². The van der Waals surface area contributed by atoms with E-state index in [0.717, 1.165) is 17.2 Å². The second kappa shape index (κ2) is 5.08. The number of aromatic nitrogens is 1. The lowest BCUT2D eigenvalue weighted by Gasteiger charge is -2.18. The van der Waals surface area contributed by atoms with Crippen LogP contribution in [0.25, 0.3) is 11.3 Å². The molecule has 100 valence electrons. The molecule has 1 N–H and O–H groups in total. The molecule has 1 fully saturated rings. The predicted octanol–water partition coefficient (Wildman–Crippen LogP) is 4.25. The molecule has 1 aliphatic carbocycles. The van der Waals surface area contributed by atoms with Gasteiger partial charge in [-0.1, -0.05) is 25.5 Å². The van der Waals surface area contributed by atoms with Gasteiger partial charge in [0.2, 0.25) is 0 Å². The number of oxazole rings is 1. The molecule has 2 aromatic rings. The minimum atomic E-state index is 0.625. The molecule has 3 heteroatoms. The maximum Gasteiger partial charge on any atom is 0.191 e. The first kappa shape index (κ1) is 12.3. The fourth-order valence-corrected chi connectivity index (χ4v) is 2.81. The van der Waals surface area contributed by atoms with Gasteiger partial charge in [0, 0.05) is 24.2 Å². The van der Waals surface area contributed by atoms with Crippen LogP contribution in [0, 0.1) is 12.8 Å². The van der Waals surface area contributed by atoms with Crippen LogP contribution in [0.2, 0.25) is 0 Å². The van der Waals surface area contributed by atoms with E-state index in [1.165, 1.54) is 24.9 Å². The number of hydrogen-bond acceptors (Lipinski definition) is 3. The Labute approximate surface area is 114 Å². The van der Waals surface area contributed by atoms with Crippen LogP contribution in [0.1, 0.15) is 32.1 Å². The predicted molar refractivity (Wildman–Crippen MR) is 77.1 cm³/mol. The molecule has 3 rings (SSSR count). The molecule has 0 aliphatic heterocycles. The molecule has 1 heterocycles. The monoisotopic (exact) mass is 256 g/mol. The average Bonchev–Trinajstić information content (AvgIpc) is 3.00. The zero-order chi connectivity index (χ0) is 13.2. The van der Waals surface area contributed by atoms with Crippen molar-refractivity contribution in [3.63, 3.8) is 0 Å². The first-order valence-electron chi connectivity index (χ1n) is 7.01. The molecule has 2 atom stereocenters. The van der Waals surface area contributed by atoms with Gasteiger partial charge in [-0.25, -0.2) is 4.98 Å². The Morgan fingerprint density at radius 2 is 2.00 bits per heavy atom. The molecule has 1 saturated carbocycles. The first-order valence-corrected chi connectivity index (χ1v) is 7.01. The van der Waals surface area contributed by atoms with E-state index in [-0.39, 0.29) is 0 Å². The summed E-state index contributed by atoms with van der Waals surface area (Å²) in [4.78, 5) is 4.34. The highest BCUT2D eigenvalue weighted by Gasteiger charge is 2.22. The van der Waals surface area contributed by atoms with Gasteiger partial charge >= 0.3 is 0 Å². The van der Waals surface area contributed by atoms with Gasteiger partial charge in [-0.15, -0.1) is 0 Å². The van der Waals surface area contributed by atoms with Crippen molar-refractivity contribution in [1.82, 2.24) is 4.98 Å². The Kier molecular flexibility index (Phi) is 3.28.